The van der Waals surface area contributed by atoms with Crippen molar-refractivity contribution < 1.29 is 28.2 Å². The summed E-state index contributed by atoms with van der Waals surface area (Å²) in [5.74, 6) is -6.86. The number of hydrogen-bond acceptors (Lipinski definition) is 3. The van der Waals surface area contributed by atoms with Crippen LogP contribution in [0.5, 0.6) is 0 Å². The maximum Gasteiger partial charge on any atom is 0.374 e. The fourth-order valence-electron chi connectivity index (χ4n) is 1.04. The summed E-state index contributed by atoms with van der Waals surface area (Å²) in [6, 6.07) is 7.83. The van der Waals surface area contributed by atoms with Gasteiger partial charge in [0.05, 0.1) is 18.6 Å². The highest BCUT2D eigenvalue weighted by Crippen LogP contribution is 2.18. The van der Waals surface area contributed by atoms with Crippen LogP contribution in [0.15, 0.2) is 30.3 Å². The Labute approximate surface area is 95.8 Å². The number of carboxylic acid groups (broad SMARTS) is 1. The second-order valence-corrected chi connectivity index (χ2v) is 3.26. The second kappa shape index (κ2) is 5.38. The van der Waals surface area contributed by atoms with Crippen LogP contribution >= 0.6 is 0 Å². The Morgan fingerprint density at radius 2 is 1.82 bits per heavy atom. The van der Waals surface area contributed by atoms with Crippen LogP contribution in [0.25, 0.3) is 0 Å². The van der Waals surface area contributed by atoms with Gasteiger partial charge in [0.15, 0.2) is 0 Å². The maximum absolute atomic E-state index is 12.6. The average molecular weight is 244 g/mol. The number of benzene rings is 1. The molecule has 0 heterocycles. The molecular weight excluding hydrogens is 234 g/mol. The Balaban J connectivity index is 2.43. The lowest BCUT2D eigenvalue weighted by molar-refractivity contribution is -0.166. The number of carbonyl (C=O) groups is 2. The molecule has 1 rings (SSSR count). The summed E-state index contributed by atoms with van der Waals surface area (Å²) in [6.45, 7) is -0.646. The second-order valence-electron chi connectivity index (χ2n) is 3.26. The standard InChI is InChI=1S/C11H10F2O4/c12-11(13,10(15)16)6-7-17-9(14)8-4-2-1-3-5-8/h1-5H,6-7H2,(H,15,16). The molecular formula is C11H10F2O4. The number of aliphatic carboxylic acids is 1. The van der Waals surface area contributed by atoms with Gasteiger partial charge in [-0.15, -0.1) is 0 Å². The van der Waals surface area contributed by atoms with E-state index in [1.54, 1.807) is 18.2 Å². The van der Waals surface area contributed by atoms with Crippen LogP contribution < -0.4 is 0 Å². The molecule has 1 N–H and O–H groups in total. The molecule has 4 nitrogen and oxygen atoms in total. The number of hydrogen-bond donors (Lipinski definition) is 1. The Morgan fingerprint density at radius 1 is 1.24 bits per heavy atom. The number of alkyl halides is 2. The third kappa shape index (κ3) is 3.82. The van der Waals surface area contributed by atoms with Crippen LogP contribution in [0, 0.1) is 0 Å². The smallest absolute Gasteiger partial charge is 0.374 e. The quantitative estimate of drug-likeness (QED) is 0.804. The van der Waals surface area contributed by atoms with Crippen molar-refractivity contribution in [1.82, 2.24) is 0 Å². The first kappa shape index (κ1) is 13.1. The van der Waals surface area contributed by atoms with Crippen molar-refractivity contribution in [3.05, 3.63) is 35.9 Å². The van der Waals surface area contributed by atoms with Gasteiger partial charge in [-0.25, -0.2) is 9.59 Å². The minimum absolute atomic E-state index is 0.228. The fraction of sp³-hybridized carbons (Fsp3) is 0.273. The summed E-state index contributed by atoms with van der Waals surface area (Å²) >= 11 is 0. The van der Waals surface area contributed by atoms with E-state index in [-0.39, 0.29) is 5.56 Å². The summed E-state index contributed by atoms with van der Waals surface area (Å²) < 4.78 is 29.7. The topological polar surface area (TPSA) is 63.6 Å². The van der Waals surface area contributed by atoms with Crippen LogP contribution in [0.2, 0.25) is 0 Å². The van der Waals surface area contributed by atoms with E-state index in [9.17, 15) is 18.4 Å². The van der Waals surface area contributed by atoms with Gasteiger partial charge in [-0.2, -0.15) is 8.78 Å². The Hall–Kier alpha value is -1.98. The number of rotatable bonds is 5. The number of ether oxygens (including phenoxy) is 1. The van der Waals surface area contributed by atoms with Gasteiger partial charge >= 0.3 is 17.9 Å². The lowest BCUT2D eigenvalue weighted by Crippen LogP contribution is -2.30. The zero-order chi connectivity index (χ0) is 12.9. The first-order valence-corrected chi connectivity index (χ1v) is 4.77. The van der Waals surface area contributed by atoms with Gasteiger partial charge in [0, 0.05) is 0 Å². The SMILES string of the molecule is O=C(OCCC(F)(F)C(=O)O)c1ccccc1. The summed E-state index contributed by atoms with van der Waals surface area (Å²) in [6.07, 6.45) is -1.04. The van der Waals surface area contributed by atoms with Gasteiger partial charge in [-0.3, -0.25) is 0 Å². The number of esters is 1. The molecule has 0 atom stereocenters. The highest BCUT2D eigenvalue weighted by molar-refractivity contribution is 5.89. The molecule has 0 amide bonds. The largest absolute Gasteiger partial charge is 0.477 e. The van der Waals surface area contributed by atoms with Crippen molar-refractivity contribution in [3.8, 4) is 0 Å². The summed E-state index contributed by atoms with van der Waals surface area (Å²) in [5, 5.41) is 8.13. The predicted octanol–water partition coefficient (Wildman–Crippen LogP) is 1.95. The van der Waals surface area contributed by atoms with Crippen LogP contribution in [0.3, 0.4) is 0 Å². The number of halogens is 2. The Morgan fingerprint density at radius 3 is 2.35 bits per heavy atom. The normalized spacial score (nSPS) is 10.9. The van der Waals surface area contributed by atoms with E-state index < -0.39 is 30.9 Å². The van der Waals surface area contributed by atoms with Gasteiger partial charge in [-0.1, -0.05) is 18.2 Å². The third-order valence-corrected chi connectivity index (χ3v) is 1.97. The minimum Gasteiger partial charge on any atom is -0.477 e. The molecule has 17 heavy (non-hydrogen) atoms. The fourth-order valence-corrected chi connectivity index (χ4v) is 1.04. The van der Waals surface area contributed by atoms with Crippen molar-refractivity contribution in [2.24, 2.45) is 0 Å². The van der Waals surface area contributed by atoms with E-state index in [0.29, 0.717) is 0 Å². The van der Waals surface area contributed by atoms with E-state index in [1.807, 2.05) is 0 Å². The molecule has 0 aromatic heterocycles. The lowest BCUT2D eigenvalue weighted by atomic mass is 10.2. The molecule has 0 aliphatic carbocycles. The van der Waals surface area contributed by atoms with Crippen molar-refractivity contribution >= 4 is 11.9 Å². The highest BCUT2D eigenvalue weighted by atomic mass is 19.3. The molecule has 0 bridgehead atoms. The molecule has 6 heteroatoms. The van der Waals surface area contributed by atoms with Crippen molar-refractivity contribution in [2.45, 2.75) is 12.3 Å². The molecule has 1 aromatic carbocycles. The van der Waals surface area contributed by atoms with Gasteiger partial charge in [0.2, 0.25) is 0 Å². The summed E-state index contributed by atoms with van der Waals surface area (Å²) in [4.78, 5) is 21.4. The Bertz CT molecular complexity index is 403. The van der Waals surface area contributed by atoms with E-state index in [1.165, 1.54) is 12.1 Å². The van der Waals surface area contributed by atoms with Crippen LogP contribution in [-0.2, 0) is 9.53 Å². The van der Waals surface area contributed by atoms with Gasteiger partial charge in [-0.05, 0) is 12.1 Å². The van der Waals surface area contributed by atoms with Crippen molar-refractivity contribution in [3.63, 3.8) is 0 Å². The maximum atomic E-state index is 12.6. The van der Waals surface area contributed by atoms with E-state index in [0.717, 1.165) is 0 Å². The lowest BCUT2D eigenvalue weighted by Gasteiger charge is -2.10. The monoisotopic (exact) mass is 244 g/mol. The van der Waals surface area contributed by atoms with E-state index >= 15 is 0 Å². The molecule has 0 saturated heterocycles. The van der Waals surface area contributed by atoms with Crippen molar-refractivity contribution in [1.29, 1.82) is 0 Å². The van der Waals surface area contributed by atoms with Crippen LogP contribution in [0.1, 0.15) is 16.8 Å². The van der Waals surface area contributed by atoms with E-state index in [2.05, 4.69) is 4.74 Å². The summed E-state index contributed by atoms with van der Waals surface area (Å²) in [5.41, 5.74) is 0.228. The van der Waals surface area contributed by atoms with Crippen LogP contribution in [-0.4, -0.2) is 29.6 Å². The zero-order valence-electron chi connectivity index (χ0n) is 8.73. The molecule has 0 aliphatic rings. The minimum atomic E-state index is -3.88. The predicted molar refractivity (Wildman–Crippen MR) is 53.9 cm³/mol. The number of carboxylic acids is 1. The number of carbonyl (C=O) groups excluding carboxylic acids is 1. The molecule has 0 unspecified atom stereocenters. The molecule has 0 saturated carbocycles. The average Bonchev–Trinajstić information content (AvgIpc) is 2.29. The zero-order valence-corrected chi connectivity index (χ0v) is 8.73. The molecule has 0 spiro atoms. The van der Waals surface area contributed by atoms with Gasteiger partial charge in [0.1, 0.15) is 0 Å². The molecule has 0 radical (unpaired) electrons. The third-order valence-electron chi connectivity index (χ3n) is 1.97. The van der Waals surface area contributed by atoms with Gasteiger partial charge < -0.3 is 9.84 Å². The highest BCUT2D eigenvalue weighted by Gasteiger charge is 2.38. The summed E-state index contributed by atoms with van der Waals surface area (Å²) in [7, 11) is 0. The molecule has 1 aromatic rings. The Kier molecular flexibility index (Phi) is 4.14. The first-order valence-electron chi connectivity index (χ1n) is 4.77. The van der Waals surface area contributed by atoms with Gasteiger partial charge in [0.25, 0.3) is 0 Å². The van der Waals surface area contributed by atoms with Crippen LogP contribution in [0.4, 0.5) is 8.78 Å². The molecule has 0 fully saturated rings. The first-order chi connectivity index (χ1) is 7.93. The molecule has 92 valence electrons. The molecule has 0 aliphatic heterocycles. The van der Waals surface area contributed by atoms with Crippen molar-refractivity contribution in [2.75, 3.05) is 6.61 Å². The van der Waals surface area contributed by atoms with E-state index in [4.69, 9.17) is 5.11 Å².